The normalized spacial score (nSPS) is 22.3. The highest BCUT2D eigenvalue weighted by atomic mass is 32.2. The predicted molar refractivity (Wildman–Crippen MR) is 85.8 cm³/mol. The largest absolute Gasteiger partial charge is 0.385 e. The minimum absolute atomic E-state index is 0.237. The summed E-state index contributed by atoms with van der Waals surface area (Å²) in [5.41, 5.74) is 0.239. The molecule has 0 spiro atoms. The van der Waals surface area contributed by atoms with Crippen LogP contribution in [0.25, 0.3) is 0 Å². The van der Waals surface area contributed by atoms with Crippen LogP contribution in [-0.4, -0.2) is 26.1 Å². The first-order valence-corrected chi connectivity index (χ1v) is 9.39. The molecule has 1 fully saturated rings. The van der Waals surface area contributed by atoms with Gasteiger partial charge in [-0.15, -0.1) is 0 Å². The maximum Gasteiger partial charge on any atom is 0.288 e. The molecule has 0 aromatic heterocycles. The average molecular weight is 326 g/mol. The van der Waals surface area contributed by atoms with E-state index < -0.39 is 14.8 Å². The van der Waals surface area contributed by atoms with E-state index >= 15 is 0 Å². The zero-order valence-electron chi connectivity index (χ0n) is 12.9. The first-order chi connectivity index (χ1) is 10.3. The Kier molecular flexibility index (Phi) is 5.05. The van der Waals surface area contributed by atoms with Crippen molar-refractivity contribution in [1.82, 2.24) is 0 Å². The van der Waals surface area contributed by atoms with Crippen LogP contribution in [0.3, 0.4) is 0 Å². The van der Waals surface area contributed by atoms with Crippen molar-refractivity contribution in [3.63, 3.8) is 0 Å². The minimum atomic E-state index is -3.63. The van der Waals surface area contributed by atoms with E-state index in [2.05, 4.69) is 12.2 Å². The summed E-state index contributed by atoms with van der Waals surface area (Å²) >= 11 is 0. The van der Waals surface area contributed by atoms with Crippen LogP contribution >= 0.6 is 0 Å². The molecule has 0 heterocycles. The smallest absolute Gasteiger partial charge is 0.288 e. The molecule has 2 rings (SSSR count). The molecule has 0 bridgehead atoms. The topological polar surface area (TPSA) is 89.3 Å². The number of sulfone groups is 1. The molecule has 1 aliphatic rings. The van der Waals surface area contributed by atoms with Crippen molar-refractivity contribution in [1.29, 1.82) is 0 Å². The maximum atomic E-state index is 11.7. The maximum absolute atomic E-state index is 11.7. The van der Waals surface area contributed by atoms with Crippen molar-refractivity contribution in [2.24, 2.45) is 11.8 Å². The Morgan fingerprint density at radius 1 is 1.36 bits per heavy atom. The van der Waals surface area contributed by atoms with Gasteiger partial charge in [-0.25, -0.2) is 8.42 Å². The third-order valence-electron chi connectivity index (χ3n) is 4.20. The second kappa shape index (κ2) is 6.64. The number of rotatable bonds is 5. The van der Waals surface area contributed by atoms with E-state index in [4.69, 9.17) is 0 Å². The minimum Gasteiger partial charge on any atom is -0.385 e. The Balaban J connectivity index is 2.13. The van der Waals surface area contributed by atoms with Gasteiger partial charge in [0.1, 0.15) is 4.90 Å². The molecular weight excluding hydrogens is 304 g/mol. The lowest BCUT2D eigenvalue weighted by molar-refractivity contribution is -0.387. The van der Waals surface area contributed by atoms with Crippen molar-refractivity contribution in [2.45, 2.75) is 37.5 Å². The fourth-order valence-electron chi connectivity index (χ4n) is 3.08. The van der Waals surface area contributed by atoms with Crippen LogP contribution in [0.4, 0.5) is 11.4 Å². The van der Waals surface area contributed by atoms with Crippen LogP contribution in [0.15, 0.2) is 23.1 Å². The molecule has 7 heteroatoms. The second-order valence-electron chi connectivity index (χ2n) is 6.23. The summed E-state index contributed by atoms with van der Waals surface area (Å²) in [5.74, 6) is 1.30. The van der Waals surface area contributed by atoms with Gasteiger partial charge >= 0.3 is 0 Å². The van der Waals surface area contributed by atoms with Gasteiger partial charge in [0.05, 0.1) is 4.92 Å². The predicted octanol–water partition coefficient (Wildman–Crippen LogP) is 3.24. The van der Waals surface area contributed by atoms with Gasteiger partial charge < -0.3 is 5.32 Å². The highest BCUT2D eigenvalue weighted by Crippen LogP contribution is 2.30. The number of nitro benzene ring substituents is 1. The molecule has 0 aliphatic heterocycles. The number of nitro groups is 1. The van der Waals surface area contributed by atoms with E-state index in [-0.39, 0.29) is 10.6 Å². The van der Waals surface area contributed by atoms with E-state index in [1.54, 1.807) is 6.07 Å². The molecule has 22 heavy (non-hydrogen) atoms. The zero-order chi connectivity index (χ0) is 16.3. The summed E-state index contributed by atoms with van der Waals surface area (Å²) in [6, 6.07) is 4.18. The third-order valence-corrected chi connectivity index (χ3v) is 5.32. The summed E-state index contributed by atoms with van der Waals surface area (Å²) in [7, 11) is -3.63. The molecule has 0 radical (unpaired) electrons. The van der Waals surface area contributed by atoms with Crippen molar-refractivity contribution in [3.05, 3.63) is 28.3 Å². The average Bonchev–Trinajstić information content (AvgIpc) is 2.44. The summed E-state index contributed by atoms with van der Waals surface area (Å²) in [4.78, 5) is 10.0. The van der Waals surface area contributed by atoms with E-state index in [1.165, 1.54) is 37.8 Å². The number of nitrogens with zero attached hydrogens (tertiary/aromatic N) is 1. The molecule has 1 aliphatic carbocycles. The molecule has 0 amide bonds. The fourth-order valence-corrected chi connectivity index (χ4v) is 3.94. The lowest BCUT2D eigenvalue weighted by Crippen LogP contribution is -2.21. The lowest BCUT2D eigenvalue weighted by Gasteiger charge is -2.27. The van der Waals surface area contributed by atoms with Gasteiger partial charge in [0.2, 0.25) is 0 Å². The van der Waals surface area contributed by atoms with Crippen molar-refractivity contribution < 1.29 is 13.3 Å². The Labute approximate surface area is 131 Å². The molecule has 1 aromatic carbocycles. The van der Waals surface area contributed by atoms with Gasteiger partial charge in [0.25, 0.3) is 5.69 Å². The van der Waals surface area contributed by atoms with Crippen molar-refractivity contribution in [2.75, 3.05) is 18.1 Å². The SMILES string of the molecule is CC1CCCC(CNc2ccc([N+](=O)[O-])c(S(C)(=O)=O)c2)C1. The monoisotopic (exact) mass is 326 g/mol. The molecule has 6 nitrogen and oxygen atoms in total. The second-order valence-corrected chi connectivity index (χ2v) is 8.21. The Hall–Kier alpha value is -1.63. The quantitative estimate of drug-likeness (QED) is 0.663. The summed E-state index contributed by atoms with van der Waals surface area (Å²) in [5, 5.41) is 14.2. The van der Waals surface area contributed by atoms with E-state index in [0.29, 0.717) is 11.6 Å². The summed E-state index contributed by atoms with van der Waals surface area (Å²) < 4.78 is 23.5. The fraction of sp³-hybridized carbons (Fsp3) is 0.600. The van der Waals surface area contributed by atoms with Crippen LogP contribution in [0.5, 0.6) is 0 Å². The Morgan fingerprint density at radius 3 is 2.68 bits per heavy atom. The van der Waals surface area contributed by atoms with E-state index in [1.807, 2.05) is 0 Å². The molecule has 122 valence electrons. The molecule has 1 N–H and O–H groups in total. The van der Waals surface area contributed by atoms with Crippen molar-refractivity contribution >= 4 is 21.2 Å². The van der Waals surface area contributed by atoms with Crippen LogP contribution in [0, 0.1) is 22.0 Å². The van der Waals surface area contributed by atoms with Gasteiger partial charge in [-0.1, -0.05) is 19.8 Å². The Morgan fingerprint density at radius 2 is 2.09 bits per heavy atom. The molecular formula is C15H22N2O4S. The highest BCUT2D eigenvalue weighted by molar-refractivity contribution is 7.90. The number of benzene rings is 1. The molecule has 0 saturated heterocycles. The molecule has 2 atom stereocenters. The summed E-state index contributed by atoms with van der Waals surface area (Å²) in [6.45, 7) is 3.02. The summed E-state index contributed by atoms with van der Waals surface area (Å²) in [6.07, 6.45) is 5.82. The van der Waals surface area contributed by atoms with E-state index in [0.717, 1.165) is 18.7 Å². The van der Waals surface area contributed by atoms with Gasteiger partial charge in [-0.05, 0) is 36.8 Å². The van der Waals surface area contributed by atoms with Gasteiger partial charge in [-0.3, -0.25) is 10.1 Å². The lowest BCUT2D eigenvalue weighted by atomic mass is 9.82. The number of nitrogens with one attached hydrogen (secondary N) is 1. The highest BCUT2D eigenvalue weighted by Gasteiger charge is 2.23. The van der Waals surface area contributed by atoms with Crippen LogP contribution in [0.2, 0.25) is 0 Å². The van der Waals surface area contributed by atoms with Crippen molar-refractivity contribution in [3.8, 4) is 0 Å². The number of hydrogen-bond acceptors (Lipinski definition) is 5. The third kappa shape index (κ3) is 4.19. The van der Waals surface area contributed by atoms with Gasteiger partial charge in [-0.2, -0.15) is 0 Å². The van der Waals surface area contributed by atoms with Crippen LogP contribution in [0.1, 0.15) is 32.6 Å². The Bertz CT molecular complexity index is 658. The molecule has 2 unspecified atom stereocenters. The van der Waals surface area contributed by atoms with Crippen LogP contribution in [-0.2, 0) is 9.84 Å². The molecule has 1 saturated carbocycles. The van der Waals surface area contributed by atoms with Crippen LogP contribution < -0.4 is 5.32 Å². The first kappa shape index (κ1) is 16.7. The van der Waals surface area contributed by atoms with Gasteiger partial charge in [0.15, 0.2) is 9.84 Å². The number of anilines is 1. The zero-order valence-corrected chi connectivity index (χ0v) is 13.7. The number of hydrogen-bond donors (Lipinski definition) is 1. The first-order valence-electron chi connectivity index (χ1n) is 7.49. The standard InChI is InChI=1S/C15H22N2O4S/c1-11-4-3-5-12(8-11)10-16-13-6-7-14(17(18)19)15(9-13)22(2,20)21/h6-7,9,11-12,16H,3-5,8,10H2,1-2H3. The van der Waals surface area contributed by atoms with Gasteiger partial charge in [0, 0.05) is 24.6 Å². The molecule has 1 aromatic rings. The van der Waals surface area contributed by atoms with E-state index in [9.17, 15) is 18.5 Å².